The summed E-state index contributed by atoms with van der Waals surface area (Å²) in [7, 11) is 0. The zero-order chi connectivity index (χ0) is 15.9. The lowest BCUT2D eigenvalue weighted by molar-refractivity contribution is 0.0789. The number of carboxylic acid groups (broad SMARTS) is 1. The minimum Gasteiger partial charge on any atom is -0.508 e. The van der Waals surface area contributed by atoms with Crippen LogP contribution in [0.15, 0.2) is 30.5 Å². The standard InChI is InChI=1S/C16H17N3O3/c1-16(2)7-13-11(9-19(16)15(21)22)8-17-14(18-13)10-3-5-12(20)6-4-10/h3-6,8,20H,7,9H2,1-2H3,(H,21,22). The van der Waals surface area contributed by atoms with E-state index < -0.39 is 11.6 Å². The van der Waals surface area contributed by atoms with E-state index in [0.717, 1.165) is 16.8 Å². The summed E-state index contributed by atoms with van der Waals surface area (Å²) in [5, 5.41) is 18.7. The number of rotatable bonds is 1. The van der Waals surface area contributed by atoms with Gasteiger partial charge in [0.1, 0.15) is 5.75 Å². The third-order valence-electron chi connectivity index (χ3n) is 3.97. The highest BCUT2D eigenvalue weighted by atomic mass is 16.4. The van der Waals surface area contributed by atoms with E-state index in [1.54, 1.807) is 30.5 Å². The molecule has 22 heavy (non-hydrogen) atoms. The molecular formula is C16H17N3O3. The van der Waals surface area contributed by atoms with Crippen LogP contribution in [-0.2, 0) is 13.0 Å². The number of phenolic OH excluding ortho intramolecular Hbond substituents is 1. The summed E-state index contributed by atoms with van der Waals surface area (Å²) in [6.45, 7) is 4.09. The third-order valence-corrected chi connectivity index (χ3v) is 3.97. The molecule has 0 saturated heterocycles. The largest absolute Gasteiger partial charge is 0.508 e. The summed E-state index contributed by atoms with van der Waals surface area (Å²) in [6.07, 6.45) is 1.30. The molecule has 3 rings (SSSR count). The number of phenols is 1. The van der Waals surface area contributed by atoms with E-state index in [4.69, 9.17) is 0 Å². The third kappa shape index (κ3) is 2.47. The molecule has 2 aromatic rings. The van der Waals surface area contributed by atoms with Gasteiger partial charge in [-0.1, -0.05) is 0 Å². The van der Waals surface area contributed by atoms with Crippen LogP contribution >= 0.6 is 0 Å². The maximum atomic E-state index is 11.4. The number of hydrogen-bond acceptors (Lipinski definition) is 4. The Bertz CT molecular complexity index is 726. The first-order valence-corrected chi connectivity index (χ1v) is 7.01. The predicted molar refractivity (Wildman–Crippen MR) is 80.5 cm³/mol. The Balaban J connectivity index is 1.98. The van der Waals surface area contributed by atoms with Gasteiger partial charge in [0.05, 0.1) is 12.2 Å². The van der Waals surface area contributed by atoms with Gasteiger partial charge in [0, 0.05) is 29.3 Å². The van der Waals surface area contributed by atoms with Crippen molar-refractivity contribution in [3.63, 3.8) is 0 Å². The van der Waals surface area contributed by atoms with Gasteiger partial charge >= 0.3 is 6.09 Å². The zero-order valence-corrected chi connectivity index (χ0v) is 12.4. The first-order valence-electron chi connectivity index (χ1n) is 7.01. The topological polar surface area (TPSA) is 86.6 Å². The van der Waals surface area contributed by atoms with E-state index in [9.17, 15) is 15.0 Å². The van der Waals surface area contributed by atoms with Crippen molar-refractivity contribution >= 4 is 6.09 Å². The molecule has 114 valence electrons. The van der Waals surface area contributed by atoms with Gasteiger partial charge in [-0.25, -0.2) is 14.8 Å². The van der Waals surface area contributed by atoms with Crippen molar-refractivity contribution in [3.8, 4) is 17.1 Å². The second-order valence-electron chi connectivity index (χ2n) is 6.07. The summed E-state index contributed by atoms with van der Waals surface area (Å²) < 4.78 is 0. The highest BCUT2D eigenvalue weighted by Gasteiger charge is 2.37. The number of benzene rings is 1. The number of aromatic nitrogens is 2. The Kier molecular flexibility index (Phi) is 3.24. The Hall–Kier alpha value is -2.63. The average molecular weight is 299 g/mol. The first kappa shape index (κ1) is 14.3. The monoisotopic (exact) mass is 299 g/mol. The van der Waals surface area contributed by atoms with E-state index in [-0.39, 0.29) is 5.75 Å². The van der Waals surface area contributed by atoms with Gasteiger partial charge in [0.25, 0.3) is 0 Å². The van der Waals surface area contributed by atoms with E-state index in [1.807, 2.05) is 13.8 Å². The summed E-state index contributed by atoms with van der Waals surface area (Å²) in [5.74, 6) is 0.776. The Morgan fingerprint density at radius 2 is 1.95 bits per heavy atom. The lowest BCUT2D eigenvalue weighted by Gasteiger charge is -2.40. The molecule has 2 N–H and O–H groups in total. The number of carbonyl (C=O) groups is 1. The van der Waals surface area contributed by atoms with Crippen LogP contribution in [0.2, 0.25) is 0 Å². The number of hydrogen-bond donors (Lipinski definition) is 2. The van der Waals surface area contributed by atoms with E-state index in [2.05, 4.69) is 9.97 Å². The SMILES string of the molecule is CC1(C)Cc2nc(-c3ccc(O)cc3)ncc2CN1C(=O)O. The molecule has 0 radical (unpaired) electrons. The number of amides is 1. The first-order chi connectivity index (χ1) is 10.4. The Morgan fingerprint density at radius 1 is 1.27 bits per heavy atom. The molecule has 0 fully saturated rings. The summed E-state index contributed by atoms with van der Waals surface area (Å²) in [5.41, 5.74) is 2.03. The fraction of sp³-hybridized carbons (Fsp3) is 0.312. The molecule has 1 aromatic carbocycles. The zero-order valence-electron chi connectivity index (χ0n) is 12.4. The summed E-state index contributed by atoms with van der Waals surface area (Å²) in [4.78, 5) is 21.7. The second kappa shape index (κ2) is 4.98. The number of fused-ring (bicyclic) bond motifs is 1. The van der Waals surface area contributed by atoms with Gasteiger partial charge in [-0.15, -0.1) is 0 Å². The van der Waals surface area contributed by atoms with Crippen LogP contribution in [0, 0.1) is 0 Å². The van der Waals surface area contributed by atoms with Crippen LogP contribution in [0.25, 0.3) is 11.4 Å². The fourth-order valence-electron chi connectivity index (χ4n) is 2.69. The fourth-order valence-corrected chi connectivity index (χ4v) is 2.69. The number of nitrogens with zero attached hydrogens (tertiary/aromatic N) is 3. The molecule has 6 nitrogen and oxygen atoms in total. The van der Waals surface area contributed by atoms with Gasteiger partial charge < -0.3 is 10.2 Å². The predicted octanol–water partition coefficient (Wildman–Crippen LogP) is 2.66. The van der Waals surface area contributed by atoms with Crippen LogP contribution in [0.3, 0.4) is 0 Å². The molecule has 0 saturated carbocycles. The van der Waals surface area contributed by atoms with Crippen LogP contribution in [0.1, 0.15) is 25.1 Å². The van der Waals surface area contributed by atoms with Crippen molar-refractivity contribution in [3.05, 3.63) is 41.7 Å². The molecule has 1 aliphatic heterocycles. The second-order valence-corrected chi connectivity index (χ2v) is 6.07. The van der Waals surface area contributed by atoms with Gasteiger partial charge in [-0.05, 0) is 38.1 Å². The lowest BCUT2D eigenvalue weighted by Crippen LogP contribution is -2.51. The van der Waals surface area contributed by atoms with Crippen LogP contribution in [-0.4, -0.2) is 36.7 Å². The normalized spacial score (nSPS) is 16.2. The minimum absolute atomic E-state index is 0.194. The molecule has 0 spiro atoms. The molecule has 1 aromatic heterocycles. The quantitative estimate of drug-likeness (QED) is 0.845. The molecule has 1 aliphatic rings. The molecule has 0 atom stereocenters. The molecule has 1 amide bonds. The highest BCUT2D eigenvalue weighted by molar-refractivity contribution is 5.67. The van der Waals surface area contributed by atoms with Crippen LogP contribution < -0.4 is 0 Å². The molecule has 0 aliphatic carbocycles. The van der Waals surface area contributed by atoms with E-state index >= 15 is 0 Å². The summed E-state index contributed by atoms with van der Waals surface area (Å²) >= 11 is 0. The van der Waals surface area contributed by atoms with Gasteiger partial charge in [0.15, 0.2) is 5.82 Å². The number of aromatic hydroxyl groups is 1. The minimum atomic E-state index is -0.932. The van der Waals surface area contributed by atoms with Crippen molar-refractivity contribution in [1.29, 1.82) is 0 Å². The van der Waals surface area contributed by atoms with Gasteiger partial charge in [-0.3, -0.25) is 4.90 Å². The van der Waals surface area contributed by atoms with Crippen LogP contribution in [0.5, 0.6) is 5.75 Å². The van der Waals surface area contributed by atoms with Gasteiger partial charge in [-0.2, -0.15) is 0 Å². The van der Waals surface area contributed by atoms with Crippen molar-refractivity contribution in [2.45, 2.75) is 32.4 Å². The van der Waals surface area contributed by atoms with Crippen molar-refractivity contribution in [2.24, 2.45) is 0 Å². The lowest BCUT2D eigenvalue weighted by atomic mass is 9.89. The van der Waals surface area contributed by atoms with Gasteiger partial charge in [0.2, 0.25) is 0 Å². The molecule has 6 heteroatoms. The van der Waals surface area contributed by atoms with E-state index in [1.165, 1.54) is 4.90 Å². The van der Waals surface area contributed by atoms with Crippen LogP contribution in [0.4, 0.5) is 4.79 Å². The molecule has 0 unspecified atom stereocenters. The Labute approximate surface area is 128 Å². The molecule has 2 heterocycles. The highest BCUT2D eigenvalue weighted by Crippen LogP contribution is 2.30. The summed E-state index contributed by atoms with van der Waals surface area (Å²) in [6, 6.07) is 6.70. The smallest absolute Gasteiger partial charge is 0.408 e. The van der Waals surface area contributed by atoms with Crippen molar-refractivity contribution in [1.82, 2.24) is 14.9 Å². The van der Waals surface area contributed by atoms with Crippen molar-refractivity contribution in [2.75, 3.05) is 0 Å². The van der Waals surface area contributed by atoms with E-state index in [0.29, 0.717) is 18.8 Å². The average Bonchev–Trinajstić information content (AvgIpc) is 2.45. The Morgan fingerprint density at radius 3 is 2.59 bits per heavy atom. The molecular weight excluding hydrogens is 282 g/mol. The maximum absolute atomic E-state index is 11.4. The van der Waals surface area contributed by atoms with Crippen molar-refractivity contribution < 1.29 is 15.0 Å². The molecule has 0 bridgehead atoms. The maximum Gasteiger partial charge on any atom is 0.408 e.